The summed E-state index contributed by atoms with van der Waals surface area (Å²) in [5, 5.41) is 16.2. The Morgan fingerprint density at radius 1 is 1.06 bits per heavy atom. The van der Waals surface area contributed by atoms with Crippen LogP contribution >= 0.6 is 0 Å². The highest BCUT2D eigenvalue weighted by molar-refractivity contribution is 6.04. The van der Waals surface area contributed by atoms with Gasteiger partial charge in [-0.1, -0.05) is 6.07 Å². The van der Waals surface area contributed by atoms with Crippen LogP contribution in [0.4, 0.5) is 14.6 Å². The standard InChI is InChI=1S/C21H17F2N7O/c1-10-7-8-11-15(17-25-18-16(27-28-17)21(2,3)20(31)26-18)29-30(19(11)24-10)9-12-13(22)5-4-6-14(12)23/h4-8H,9H2,1-3H3,(H,25,26,28,31). The third kappa shape index (κ3) is 2.94. The average Bonchev–Trinajstić information content (AvgIpc) is 3.18. The van der Waals surface area contributed by atoms with E-state index in [-0.39, 0.29) is 23.8 Å². The minimum Gasteiger partial charge on any atom is -0.308 e. The first-order chi connectivity index (χ1) is 14.8. The van der Waals surface area contributed by atoms with Gasteiger partial charge in [-0.15, -0.1) is 10.2 Å². The van der Waals surface area contributed by atoms with Gasteiger partial charge in [-0.2, -0.15) is 5.10 Å². The summed E-state index contributed by atoms with van der Waals surface area (Å²) in [4.78, 5) is 21.1. The molecule has 1 aliphatic heterocycles. The number of anilines is 1. The van der Waals surface area contributed by atoms with Gasteiger partial charge >= 0.3 is 0 Å². The number of fused-ring (bicyclic) bond motifs is 2. The molecular formula is C21H17F2N7O. The molecule has 5 rings (SSSR count). The fraction of sp³-hybridized carbons (Fsp3) is 0.238. The molecule has 0 bridgehead atoms. The van der Waals surface area contributed by atoms with Crippen molar-refractivity contribution in [2.24, 2.45) is 0 Å². The Kier molecular flexibility index (Phi) is 4.07. The van der Waals surface area contributed by atoms with Crippen LogP contribution in [-0.4, -0.2) is 35.9 Å². The zero-order valence-corrected chi connectivity index (χ0v) is 16.9. The van der Waals surface area contributed by atoms with E-state index in [1.54, 1.807) is 26.0 Å². The predicted octanol–water partition coefficient (Wildman–Crippen LogP) is 3.15. The van der Waals surface area contributed by atoms with Crippen molar-refractivity contribution in [1.29, 1.82) is 0 Å². The second-order valence-electron chi connectivity index (χ2n) is 7.94. The lowest BCUT2D eigenvalue weighted by Crippen LogP contribution is -2.27. The van der Waals surface area contributed by atoms with E-state index in [1.165, 1.54) is 22.9 Å². The largest absolute Gasteiger partial charge is 0.308 e. The van der Waals surface area contributed by atoms with Crippen LogP contribution in [0.3, 0.4) is 0 Å². The first-order valence-electron chi connectivity index (χ1n) is 9.60. The highest BCUT2D eigenvalue weighted by Crippen LogP contribution is 2.35. The number of rotatable bonds is 3. The number of amides is 1. The SMILES string of the molecule is Cc1ccc2c(-c3nnc4c(n3)NC(=O)C4(C)C)nn(Cc3c(F)cccc3F)c2n1. The molecule has 0 unspecified atom stereocenters. The van der Waals surface area contributed by atoms with E-state index in [0.717, 1.165) is 5.69 Å². The average molecular weight is 421 g/mol. The van der Waals surface area contributed by atoms with Gasteiger partial charge in [0.2, 0.25) is 11.7 Å². The van der Waals surface area contributed by atoms with Crippen molar-refractivity contribution in [3.05, 3.63) is 58.9 Å². The monoisotopic (exact) mass is 421 g/mol. The van der Waals surface area contributed by atoms with E-state index >= 15 is 0 Å². The highest BCUT2D eigenvalue weighted by atomic mass is 19.1. The quantitative estimate of drug-likeness (QED) is 0.546. The van der Waals surface area contributed by atoms with E-state index in [9.17, 15) is 13.6 Å². The minimum absolute atomic E-state index is 0.122. The molecule has 1 aromatic carbocycles. The number of benzene rings is 1. The van der Waals surface area contributed by atoms with Crippen molar-refractivity contribution in [3.8, 4) is 11.5 Å². The van der Waals surface area contributed by atoms with Gasteiger partial charge in [0.1, 0.15) is 23.0 Å². The lowest BCUT2D eigenvalue weighted by atomic mass is 9.91. The van der Waals surface area contributed by atoms with Gasteiger partial charge in [-0.3, -0.25) is 4.79 Å². The number of hydrogen-bond acceptors (Lipinski definition) is 6. The van der Waals surface area contributed by atoms with Crippen LogP contribution in [0.15, 0.2) is 30.3 Å². The van der Waals surface area contributed by atoms with Crippen molar-refractivity contribution in [1.82, 2.24) is 29.9 Å². The number of aromatic nitrogens is 6. The number of carbonyl (C=O) groups is 1. The number of halogens is 2. The van der Waals surface area contributed by atoms with Gasteiger partial charge in [-0.25, -0.2) is 23.4 Å². The molecule has 0 radical (unpaired) electrons. The molecule has 156 valence electrons. The molecule has 1 amide bonds. The summed E-state index contributed by atoms with van der Waals surface area (Å²) >= 11 is 0. The van der Waals surface area contributed by atoms with E-state index in [0.29, 0.717) is 28.2 Å². The van der Waals surface area contributed by atoms with Crippen molar-refractivity contribution >= 4 is 22.8 Å². The van der Waals surface area contributed by atoms with Crippen molar-refractivity contribution in [2.45, 2.75) is 32.7 Å². The molecule has 4 heterocycles. The second kappa shape index (κ2) is 6.59. The molecule has 0 fully saturated rings. The van der Waals surface area contributed by atoms with Gasteiger partial charge in [-0.05, 0) is 45.0 Å². The first kappa shape index (κ1) is 19.2. The number of pyridine rings is 1. The van der Waals surface area contributed by atoms with Crippen LogP contribution < -0.4 is 5.32 Å². The van der Waals surface area contributed by atoms with Crippen molar-refractivity contribution < 1.29 is 13.6 Å². The van der Waals surface area contributed by atoms with Crippen molar-refractivity contribution in [2.75, 3.05) is 5.32 Å². The molecule has 0 aliphatic carbocycles. The maximum Gasteiger partial charge on any atom is 0.237 e. The number of nitrogens with one attached hydrogen (secondary N) is 1. The lowest BCUT2D eigenvalue weighted by Gasteiger charge is -2.11. The summed E-state index contributed by atoms with van der Waals surface area (Å²) in [6, 6.07) is 7.30. The van der Waals surface area contributed by atoms with Crippen molar-refractivity contribution in [3.63, 3.8) is 0 Å². The molecule has 8 nitrogen and oxygen atoms in total. The number of carbonyl (C=O) groups excluding carboxylic acids is 1. The Labute approximate surface area is 175 Å². The number of hydrogen-bond donors (Lipinski definition) is 1. The molecule has 1 aliphatic rings. The molecule has 0 saturated heterocycles. The van der Waals surface area contributed by atoms with Crippen LogP contribution in [0.5, 0.6) is 0 Å². The van der Waals surface area contributed by atoms with Gasteiger partial charge in [0.05, 0.1) is 17.3 Å². The maximum absolute atomic E-state index is 14.2. The van der Waals surface area contributed by atoms with E-state index < -0.39 is 17.0 Å². The molecule has 31 heavy (non-hydrogen) atoms. The highest BCUT2D eigenvalue weighted by Gasteiger charge is 2.42. The predicted molar refractivity (Wildman–Crippen MR) is 108 cm³/mol. The van der Waals surface area contributed by atoms with Gasteiger partial charge in [0, 0.05) is 11.3 Å². The summed E-state index contributed by atoms with van der Waals surface area (Å²) in [7, 11) is 0. The Morgan fingerprint density at radius 3 is 2.55 bits per heavy atom. The fourth-order valence-electron chi connectivity index (χ4n) is 3.56. The maximum atomic E-state index is 14.2. The Bertz CT molecular complexity index is 1360. The van der Waals surface area contributed by atoms with E-state index in [1.807, 2.05) is 6.92 Å². The molecule has 0 spiro atoms. The molecule has 0 atom stereocenters. The Hall–Kier alpha value is -3.82. The van der Waals surface area contributed by atoms with E-state index in [2.05, 4.69) is 30.6 Å². The number of aryl methyl sites for hydroxylation is 1. The van der Waals surface area contributed by atoms with Crippen LogP contribution in [0.1, 0.15) is 30.8 Å². The molecule has 1 N–H and O–H groups in total. The third-order valence-electron chi connectivity index (χ3n) is 5.39. The Morgan fingerprint density at radius 2 is 1.81 bits per heavy atom. The summed E-state index contributed by atoms with van der Waals surface area (Å²) in [6.45, 7) is 5.13. The summed E-state index contributed by atoms with van der Waals surface area (Å²) in [5.74, 6) is -1.05. The second-order valence-corrected chi connectivity index (χ2v) is 7.94. The van der Waals surface area contributed by atoms with Gasteiger partial charge in [0.25, 0.3) is 0 Å². The first-order valence-corrected chi connectivity index (χ1v) is 9.60. The van der Waals surface area contributed by atoms with Crippen LogP contribution in [-0.2, 0) is 16.8 Å². The lowest BCUT2D eigenvalue weighted by molar-refractivity contribution is -0.119. The third-order valence-corrected chi connectivity index (χ3v) is 5.39. The summed E-state index contributed by atoms with van der Waals surface area (Å²) < 4.78 is 29.9. The van der Waals surface area contributed by atoms with Crippen LogP contribution in [0, 0.1) is 18.6 Å². The fourth-order valence-corrected chi connectivity index (χ4v) is 3.56. The van der Waals surface area contributed by atoms with Crippen LogP contribution in [0.25, 0.3) is 22.6 Å². The normalized spacial score (nSPS) is 14.7. The molecule has 3 aromatic heterocycles. The Balaban J connectivity index is 1.66. The molecular weight excluding hydrogens is 404 g/mol. The summed E-state index contributed by atoms with van der Waals surface area (Å²) in [6.07, 6.45) is 0. The van der Waals surface area contributed by atoms with E-state index in [4.69, 9.17) is 0 Å². The smallest absolute Gasteiger partial charge is 0.237 e. The minimum atomic E-state index is -0.837. The topological polar surface area (TPSA) is 98.5 Å². The zero-order chi connectivity index (χ0) is 21.9. The molecule has 4 aromatic rings. The zero-order valence-electron chi connectivity index (χ0n) is 16.9. The number of nitrogens with zero attached hydrogens (tertiary/aromatic N) is 6. The molecule has 10 heteroatoms. The molecule has 0 saturated carbocycles. The van der Waals surface area contributed by atoms with Gasteiger partial charge < -0.3 is 5.32 Å². The van der Waals surface area contributed by atoms with Crippen LogP contribution in [0.2, 0.25) is 0 Å². The summed E-state index contributed by atoms with van der Waals surface area (Å²) in [5.41, 5.74) is 1.00. The van der Waals surface area contributed by atoms with Gasteiger partial charge in [0.15, 0.2) is 11.5 Å².